The summed E-state index contributed by atoms with van der Waals surface area (Å²) < 4.78 is 5.30. The number of aliphatic imine (C=N–C) groups is 1. The average molecular weight is 414 g/mol. The third-order valence-corrected chi connectivity index (χ3v) is 6.80. The molecule has 0 spiro atoms. The van der Waals surface area contributed by atoms with Crippen molar-refractivity contribution in [1.29, 1.82) is 0 Å². The van der Waals surface area contributed by atoms with Gasteiger partial charge in [0.05, 0.1) is 17.7 Å². The Morgan fingerprint density at radius 2 is 2.11 bits per heavy atom. The normalized spacial score (nSPS) is 21.1. The fourth-order valence-electron chi connectivity index (χ4n) is 3.58. The fraction of sp³-hybridized carbons (Fsp3) is 0.381. The van der Waals surface area contributed by atoms with E-state index >= 15 is 0 Å². The predicted octanol–water partition coefficient (Wildman–Crippen LogP) is 5.40. The molecule has 1 saturated heterocycles. The molecule has 4 rings (SSSR count). The van der Waals surface area contributed by atoms with Crippen LogP contribution in [0.3, 0.4) is 0 Å². The van der Waals surface area contributed by atoms with Gasteiger partial charge in [-0.3, -0.25) is 9.69 Å². The molecule has 2 heterocycles. The largest absolute Gasteiger partial charge is 0.497 e. The van der Waals surface area contributed by atoms with Gasteiger partial charge in [0.2, 0.25) is 5.13 Å². The number of thioether (sulfide) groups is 1. The van der Waals surface area contributed by atoms with Crippen molar-refractivity contribution in [2.75, 3.05) is 7.11 Å². The minimum atomic E-state index is 0.0479. The molecule has 0 bridgehead atoms. The van der Waals surface area contributed by atoms with Crippen molar-refractivity contribution in [2.45, 2.75) is 45.1 Å². The highest BCUT2D eigenvalue weighted by atomic mass is 32.2. The van der Waals surface area contributed by atoms with Crippen LogP contribution in [0.2, 0.25) is 0 Å². The summed E-state index contributed by atoms with van der Waals surface area (Å²) in [6.45, 7) is 1.96. The molecule has 1 aliphatic carbocycles. The molecule has 28 heavy (non-hydrogen) atoms. The van der Waals surface area contributed by atoms with Crippen LogP contribution >= 0.6 is 23.1 Å². The summed E-state index contributed by atoms with van der Waals surface area (Å²) in [5, 5.41) is 3.44. The molecule has 5 nitrogen and oxygen atoms in total. The molecule has 7 heteroatoms. The highest BCUT2D eigenvalue weighted by molar-refractivity contribution is 8.18. The van der Waals surface area contributed by atoms with Crippen molar-refractivity contribution < 1.29 is 9.53 Å². The maximum atomic E-state index is 13.3. The van der Waals surface area contributed by atoms with Crippen LogP contribution in [-0.4, -0.2) is 34.1 Å². The standard InChI is InChI=1S/C21H23N3O2S2/c1-14-13-27-20(22-14)23-21-24(16-8-4-3-5-9-16)19(25)18(28-21)12-15-7-6-10-17(11-15)26-2/h6-7,10-13,16H,3-5,8-9H2,1-2H3/b18-12-,23-21+. The number of carbonyl (C=O) groups is 1. The van der Waals surface area contributed by atoms with Crippen molar-refractivity contribution in [3.8, 4) is 5.75 Å². The number of nitrogens with zero attached hydrogens (tertiary/aromatic N) is 3. The van der Waals surface area contributed by atoms with Gasteiger partial charge >= 0.3 is 0 Å². The quantitative estimate of drug-likeness (QED) is 0.630. The van der Waals surface area contributed by atoms with Crippen LogP contribution < -0.4 is 4.74 Å². The zero-order valence-electron chi connectivity index (χ0n) is 16.1. The van der Waals surface area contributed by atoms with Crippen molar-refractivity contribution in [2.24, 2.45) is 4.99 Å². The van der Waals surface area contributed by atoms with Gasteiger partial charge in [-0.25, -0.2) is 4.98 Å². The minimum Gasteiger partial charge on any atom is -0.497 e. The Labute approximate surface area is 173 Å². The van der Waals surface area contributed by atoms with Gasteiger partial charge < -0.3 is 4.74 Å². The molecule has 0 unspecified atom stereocenters. The molecular formula is C21H23N3O2S2. The first-order valence-corrected chi connectivity index (χ1v) is 11.2. The zero-order chi connectivity index (χ0) is 19.5. The van der Waals surface area contributed by atoms with Crippen molar-refractivity contribution in [3.05, 3.63) is 45.8 Å². The van der Waals surface area contributed by atoms with Gasteiger partial charge in [-0.15, -0.1) is 11.3 Å². The summed E-state index contributed by atoms with van der Waals surface area (Å²) in [5.41, 5.74) is 1.90. The Balaban J connectivity index is 1.68. The molecule has 1 aromatic heterocycles. The van der Waals surface area contributed by atoms with Crippen LogP contribution in [0.1, 0.15) is 43.4 Å². The smallest absolute Gasteiger partial charge is 0.267 e. The Morgan fingerprint density at radius 1 is 1.29 bits per heavy atom. The Hall–Kier alpha value is -2.12. The maximum Gasteiger partial charge on any atom is 0.267 e. The number of methoxy groups -OCH3 is 1. The lowest BCUT2D eigenvalue weighted by Crippen LogP contribution is -2.40. The van der Waals surface area contributed by atoms with E-state index in [2.05, 4.69) is 4.98 Å². The summed E-state index contributed by atoms with van der Waals surface area (Å²) >= 11 is 2.96. The van der Waals surface area contributed by atoms with E-state index in [1.54, 1.807) is 7.11 Å². The number of benzene rings is 1. The SMILES string of the molecule is COc1cccc(/C=C2\S/C(=N/c3nc(C)cs3)N(C3CCCCC3)C2=O)c1. The van der Waals surface area contributed by atoms with Crippen LogP contribution in [0.15, 0.2) is 39.5 Å². The van der Waals surface area contributed by atoms with Gasteiger partial charge in [-0.05, 0) is 55.3 Å². The Morgan fingerprint density at radius 3 is 2.82 bits per heavy atom. The first-order valence-electron chi connectivity index (χ1n) is 9.52. The van der Waals surface area contributed by atoms with Crippen LogP contribution in [0.4, 0.5) is 5.13 Å². The van der Waals surface area contributed by atoms with E-state index in [9.17, 15) is 4.79 Å². The Bertz CT molecular complexity index is 929. The summed E-state index contributed by atoms with van der Waals surface area (Å²) in [6.07, 6.45) is 7.58. The number of aryl methyl sites for hydroxylation is 1. The topological polar surface area (TPSA) is 54.8 Å². The van der Waals surface area contributed by atoms with E-state index < -0.39 is 0 Å². The summed E-state index contributed by atoms with van der Waals surface area (Å²) in [6, 6.07) is 7.97. The molecule has 146 valence electrons. The monoisotopic (exact) mass is 413 g/mol. The number of hydrogen-bond donors (Lipinski definition) is 0. The van der Waals surface area contributed by atoms with Crippen molar-refractivity contribution >= 4 is 45.4 Å². The number of aromatic nitrogens is 1. The highest BCUT2D eigenvalue weighted by Gasteiger charge is 2.38. The molecule has 0 radical (unpaired) electrons. The van der Waals surface area contributed by atoms with Crippen molar-refractivity contribution in [1.82, 2.24) is 9.88 Å². The molecule has 1 saturated carbocycles. The number of ether oxygens (including phenoxy) is 1. The lowest BCUT2D eigenvalue weighted by molar-refractivity contribution is -0.124. The number of thiazole rings is 1. The first-order chi connectivity index (χ1) is 13.6. The van der Waals surface area contributed by atoms with E-state index in [4.69, 9.17) is 9.73 Å². The Kier molecular flexibility index (Phi) is 5.82. The number of amidine groups is 1. The third kappa shape index (κ3) is 4.15. The predicted molar refractivity (Wildman–Crippen MR) is 116 cm³/mol. The van der Waals surface area contributed by atoms with E-state index in [0.29, 0.717) is 10.0 Å². The number of amides is 1. The molecule has 2 aliphatic rings. The van der Waals surface area contributed by atoms with Crippen LogP contribution in [-0.2, 0) is 4.79 Å². The molecule has 0 N–H and O–H groups in total. The van der Waals surface area contributed by atoms with E-state index in [-0.39, 0.29) is 11.9 Å². The van der Waals surface area contributed by atoms with Crippen LogP contribution in [0.5, 0.6) is 5.75 Å². The van der Waals surface area contributed by atoms with Gasteiger partial charge in [0.25, 0.3) is 5.91 Å². The molecule has 0 atom stereocenters. The number of hydrogen-bond acceptors (Lipinski definition) is 6. The zero-order valence-corrected chi connectivity index (χ0v) is 17.7. The molecular weight excluding hydrogens is 390 g/mol. The minimum absolute atomic E-state index is 0.0479. The van der Waals surface area contributed by atoms with Gasteiger partial charge in [-0.1, -0.05) is 31.4 Å². The van der Waals surface area contributed by atoms with Gasteiger partial charge in [0.15, 0.2) is 5.17 Å². The summed E-state index contributed by atoms with van der Waals surface area (Å²) in [5.74, 6) is 0.827. The molecule has 1 aliphatic heterocycles. The highest BCUT2D eigenvalue weighted by Crippen LogP contribution is 2.39. The number of carbonyl (C=O) groups excluding carboxylic acids is 1. The van der Waals surface area contributed by atoms with E-state index in [1.165, 1.54) is 29.5 Å². The van der Waals surface area contributed by atoms with Gasteiger partial charge in [0, 0.05) is 11.4 Å². The van der Waals surface area contributed by atoms with Gasteiger partial charge in [-0.2, -0.15) is 4.99 Å². The second-order valence-corrected chi connectivity index (χ2v) is 8.87. The molecule has 1 amide bonds. The lowest BCUT2D eigenvalue weighted by Gasteiger charge is -2.30. The van der Waals surface area contributed by atoms with E-state index in [0.717, 1.165) is 47.9 Å². The lowest BCUT2D eigenvalue weighted by atomic mass is 9.94. The number of rotatable bonds is 4. The van der Waals surface area contributed by atoms with Gasteiger partial charge in [0.1, 0.15) is 5.75 Å². The average Bonchev–Trinajstić information content (AvgIpc) is 3.25. The third-order valence-electron chi connectivity index (χ3n) is 4.97. The van der Waals surface area contributed by atoms with E-state index in [1.807, 2.05) is 47.5 Å². The summed E-state index contributed by atoms with van der Waals surface area (Å²) in [7, 11) is 1.65. The van der Waals surface area contributed by atoms with Crippen molar-refractivity contribution in [3.63, 3.8) is 0 Å². The molecule has 2 aromatic rings. The summed E-state index contributed by atoms with van der Waals surface area (Å²) in [4.78, 5) is 25.1. The first kappa shape index (κ1) is 19.2. The molecule has 1 aromatic carbocycles. The van der Waals surface area contributed by atoms with Crippen LogP contribution in [0.25, 0.3) is 6.08 Å². The second-order valence-electron chi connectivity index (χ2n) is 7.02. The van der Waals surface area contributed by atoms with Crippen LogP contribution in [0, 0.1) is 6.92 Å². The maximum absolute atomic E-state index is 13.3. The second kappa shape index (κ2) is 8.49. The fourth-order valence-corrected chi connectivity index (χ4v) is 5.35. The molecule has 2 fully saturated rings.